The second-order valence-corrected chi connectivity index (χ2v) is 5.90. The Balaban J connectivity index is 1.52. The lowest BCUT2D eigenvalue weighted by Gasteiger charge is -2.26. The lowest BCUT2D eigenvalue weighted by Crippen LogP contribution is -2.38. The molecule has 0 unspecified atom stereocenters. The average Bonchev–Trinajstić information content (AvgIpc) is 2.66. The largest absolute Gasteiger partial charge is 0.379 e. The second-order valence-electron chi connectivity index (χ2n) is 5.90. The Labute approximate surface area is 146 Å². The van der Waals surface area contributed by atoms with Crippen molar-refractivity contribution in [2.45, 2.75) is 6.42 Å². The number of benzene rings is 1. The molecule has 7 nitrogen and oxygen atoms in total. The highest BCUT2D eigenvalue weighted by Gasteiger charge is 2.13. The van der Waals surface area contributed by atoms with Crippen LogP contribution < -0.4 is 10.9 Å². The van der Waals surface area contributed by atoms with Crippen LogP contribution in [-0.2, 0) is 4.74 Å². The molecular formula is C18H22N4O3. The lowest BCUT2D eigenvalue weighted by molar-refractivity contribution is 0.0374. The molecule has 1 aliphatic rings. The van der Waals surface area contributed by atoms with Crippen molar-refractivity contribution in [1.29, 1.82) is 0 Å². The van der Waals surface area contributed by atoms with Gasteiger partial charge in [0.1, 0.15) is 11.4 Å². The first-order valence-corrected chi connectivity index (χ1v) is 8.47. The Hall–Kier alpha value is -2.51. The number of aromatic amines is 1. The number of carbonyl (C=O) groups excluding carboxylic acids is 1. The van der Waals surface area contributed by atoms with E-state index in [4.69, 9.17) is 4.74 Å². The first-order valence-electron chi connectivity index (χ1n) is 8.47. The van der Waals surface area contributed by atoms with Crippen molar-refractivity contribution < 1.29 is 9.53 Å². The van der Waals surface area contributed by atoms with Crippen LogP contribution in [0.5, 0.6) is 0 Å². The summed E-state index contributed by atoms with van der Waals surface area (Å²) in [6.07, 6.45) is 2.16. The summed E-state index contributed by atoms with van der Waals surface area (Å²) < 4.78 is 5.30. The Morgan fingerprint density at radius 3 is 2.72 bits per heavy atom. The highest BCUT2D eigenvalue weighted by atomic mass is 16.5. The van der Waals surface area contributed by atoms with Crippen LogP contribution >= 0.6 is 0 Å². The fourth-order valence-electron chi connectivity index (χ4n) is 2.72. The third-order valence-electron chi connectivity index (χ3n) is 4.13. The second kappa shape index (κ2) is 8.55. The van der Waals surface area contributed by atoms with E-state index in [0.717, 1.165) is 44.8 Å². The third-order valence-corrected chi connectivity index (χ3v) is 4.13. The van der Waals surface area contributed by atoms with E-state index >= 15 is 0 Å². The minimum absolute atomic E-state index is 0.0334. The van der Waals surface area contributed by atoms with Crippen LogP contribution in [-0.4, -0.2) is 60.2 Å². The van der Waals surface area contributed by atoms with E-state index in [1.807, 2.05) is 30.3 Å². The molecule has 2 N–H and O–H groups in total. The average molecular weight is 342 g/mol. The van der Waals surface area contributed by atoms with Gasteiger partial charge in [-0.1, -0.05) is 30.3 Å². The maximum absolute atomic E-state index is 12.2. The molecule has 2 heterocycles. The van der Waals surface area contributed by atoms with Gasteiger partial charge in [-0.15, -0.1) is 0 Å². The number of H-pyrrole nitrogens is 1. The van der Waals surface area contributed by atoms with Crippen molar-refractivity contribution in [3.63, 3.8) is 0 Å². The van der Waals surface area contributed by atoms with E-state index in [9.17, 15) is 9.59 Å². The normalized spacial score (nSPS) is 15.0. The molecule has 0 aliphatic carbocycles. The standard InChI is InChI=1S/C18H22N4O3/c23-17(19-7-4-8-22-9-11-25-12-10-22)15-13-20-16(21-18(15)24)14-5-2-1-3-6-14/h1-3,5-6,13H,4,7-12H2,(H,19,23)(H,20,21,24). The summed E-state index contributed by atoms with van der Waals surface area (Å²) in [6, 6.07) is 9.32. The highest BCUT2D eigenvalue weighted by Crippen LogP contribution is 2.11. The summed E-state index contributed by atoms with van der Waals surface area (Å²) in [5.41, 5.74) is 0.405. The van der Waals surface area contributed by atoms with Gasteiger partial charge in [-0.05, 0) is 13.0 Å². The van der Waals surface area contributed by atoms with Crippen LogP contribution in [0.4, 0.5) is 0 Å². The van der Waals surface area contributed by atoms with Gasteiger partial charge in [-0.25, -0.2) is 4.98 Å². The Morgan fingerprint density at radius 2 is 2.00 bits per heavy atom. The Bertz CT molecular complexity index is 754. The molecule has 132 valence electrons. The summed E-state index contributed by atoms with van der Waals surface area (Å²) in [6.45, 7) is 4.82. The van der Waals surface area contributed by atoms with Gasteiger partial charge >= 0.3 is 0 Å². The zero-order chi connectivity index (χ0) is 17.5. The van der Waals surface area contributed by atoms with Crippen molar-refractivity contribution in [2.75, 3.05) is 39.4 Å². The Kier molecular flexibility index (Phi) is 5.92. The van der Waals surface area contributed by atoms with Gasteiger partial charge in [0, 0.05) is 31.4 Å². The first-order chi connectivity index (χ1) is 12.2. The molecule has 0 atom stereocenters. The van der Waals surface area contributed by atoms with E-state index in [1.165, 1.54) is 6.20 Å². The van der Waals surface area contributed by atoms with Crippen molar-refractivity contribution in [1.82, 2.24) is 20.2 Å². The maximum atomic E-state index is 12.2. The monoisotopic (exact) mass is 342 g/mol. The number of rotatable bonds is 6. The molecule has 25 heavy (non-hydrogen) atoms. The number of hydrogen-bond donors (Lipinski definition) is 2. The van der Waals surface area contributed by atoms with E-state index in [1.54, 1.807) is 0 Å². The molecule has 0 bridgehead atoms. The highest BCUT2D eigenvalue weighted by molar-refractivity contribution is 5.93. The van der Waals surface area contributed by atoms with Crippen molar-refractivity contribution in [3.8, 4) is 11.4 Å². The molecule has 0 spiro atoms. The molecule has 1 aromatic carbocycles. The van der Waals surface area contributed by atoms with Gasteiger partial charge < -0.3 is 15.0 Å². The van der Waals surface area contributed by atoms with Gasteiger partial charge in [0.25, 0.3) is 11.5 Å². The van der Waals surface area contributed by atoms with Crippen molar-refractivity contribution in [3.05, 3.63) is 52.4 Å². The molecule has 0 saturated carbocycles. The van der Waals surface area contributed by atoms with E-state index in [2.05, 4.69) is 20.2 Å². The molecule has 1 aliphatic heterocycles. The molecule has 2 aromatic rings. The first kappa shape index (κ1) is 17.3. The number of ether oxygens (including phenoxy) is 1. The van der Waals surface area contributed by atoms with Gasteiger partial charge in [0.05, 0.1) is 13.2 Å². The molecule has 1 saturated heterocycles. The molecule has 1 fully saturated rings. The summed E-state index contributed by atoms with van der Waals surface area (Å²) in [7, 11) is 0. The van der Waals surface area contributed by atoms with Crippen LogP contribution in [0.2, 0.25) is 0 Å². The topological polar surface area (TPSA) is 87.3 Å². The smallest absolute Gasteiger partial charge is 0.264 e. The maximum Gasteiger partial charge on any atom is 0.264 e. The van der Waals surface area contributed by atoms with Gasteiger partial charge in [-0.3, -0.25) is 14.5 Å². The SMILES string of the molecule is O=C(NCCCN1CCOCC1)c1cnc(-c2ccccc2)[nH]c1=O. The molecule has 7 heteroatoms. The quantitative estimate of drug-likeness (QED) is 0.761. The summed E-state index contributed by atoms with van der Waals surface area (Å²) in [5.74, 6) is 0.0600. The Morgan fingerprint density at radius 1 is 1.24 bits per heavy atom. The van der Waals surface area contributed by atoms with Crippen LogP contribution in [0, 0.1) is 0 Å². The fraction of sp³-hybridized carbons (Fsp3) is 0.389. The number of hydrogen-bond acceptors (Lipinski definition) is 5. The van der Waals surface area contributed by atoms with Gasteiger partial charge in [0.2, 0.25) is 0 Å². The van der Waals surface area contributed by atoms with Crippen molar-refractivity contribution in [2.24, 2.45) is 0 Å². The van der Waals surface area contributed by atoms with E-state index < -0.39 is 11.5 Å². The number of amides is 1. The summed E-state index contributed by atoms with van der Waals surface area (Å²) in [5, 5.41) is 2.78. The number of carbonyl (C=O) groups is 1. The number of nitrogens with one attached hydrogen (secondary N) is 2. The number of morpholine rings is 1. The van der Waals surface area contributed by atoms with Gasteiger partial charge in [0.15, 0.2) is 0 Å². The lowest BCUT2D eigenvalue weighted by atomic mass is 10.2. The molecule has 1 amide bonds. The predicted octanol–water partition coefficient (Wildman–Crippen LogP) is 0.889. The van der Waals surface area contributed by atoms with Crippen LogP contribution in [0.3, 0.4) is 0 Å². The third kappa shape index (κ3) is 4.74. The fourth-order valence-corrected chi connectivity index (χ4v) is 2.72. The molecular weight excluding hydrogens is 320 g/mol. The molecule has 1 aromatic heterocycles. The van der Waals surface area contributed by atoms with Crippen LogP contribution in [0.1, 0.15) is 16.8 Å². The molecule has 3 rings (SSSR count). The van der Waals surface area contributed by atoms with E-state index in [0.29, 0.717) is 12.4 Å². The zero-order valence-corrected chi connectivity index (χ0v) is 14.0. The predicted molar refractivity (Wildman–Crippen MR) is 94.5 cm³/mol. The van der Waals surface area contributed by atoms with E-state index in [-0.39, 0.29) is 5.56 Å². The molecule has 0 radical (unpaired) electrons. The van der Waals surface area contributed by atoms with Crippen LogP contribution in [0.15, 0.2) is 41.3 Å². The summed E-state index contributed by atoms with van der Waals surface area (Å²) >= 11 is 0. The minimum Gasteiger partial charge on any atom is -0.379 e. The minimum atomic E-state index is -0.431. The van der Waals surface area contributed by atoms with Crippen molar-refractivity contribution >= 4 is 5.91 Å². The summed E-state index contributed by atoms with van der Waals surface area (Å²) in [4.78, 5) is 33.5. The van der Waals surface area contributed by atoms with Gasteiger partial charge in [-0.2, -0.15) is 0 Å². The number of aromatic nitrogens is 2. The number of nitrogens with zero attached hydrogens (tertiary/aromatic N) is 2. The zero-order valence-electron chi connectivity index (χ0n) is 14.0. The van der Waals surface area contributed by atoms with Crippen LogP contribution in [0.25, 0.3) is 11.4 Å².